The van der Waals surface area contributed by atoms with Gasteiger partial charge in [0, 0.05) is 12.6 Å². The predicted molar refractivity (Wildman–Crippen MR) is 88.0 cm³/mol. The molecule has 0 aromatic heterocycles. The SMILES string of the molecule is CNC1CCC(C(C)C)CC1CN1CCCCCCC1. The second-order valence-electron chi connectivity index (χ2n) is 7.54. The van der Waals surface area contributed by atoms with Crippen molar-refractivity contribution < 1.29 is 0 Å². The molecule has 20 heavy (non-hydrogen) atoms. The minimum atomic E-state index is 0.760. The van der Waals surface area contributed by atoms with Gasteiger partial charge in [-0.1, -0.05) is 33.1 Å². The van der Waals surface area contributed by atoms with Gasteiger partial charge in [0.1, 0.15) is 0 Å². The molecule has 0 amide bonds. The summed E-state index contributed by atoms with van der Waals surface area (Å²) in [5.41, 5.74) is 0. The van der Waals surface area contributed by atoms with Gasteiger partial charge in [-0.2, -0.15) is 0 Å². The predicted octanol–water partition coefficient (Wildman–Crippen LogP) is 3.91. The van der Waals surface area contributed by atoms with Crippen LogP contribution in [0.2, 0.25) is 0 Å². The molecule has 2 rings (SSSR count). The number of hydrogen-bond acceptors (Lipinski definition) is 2. The van der Waals surface area contributed by atoms with Crippen LogP contribution in [0.1, 0.15) is 65.2 Å². The van der Waals surface area contributed by atoms with Gasteiger partial charge in [-0.3, -0.25) is 0 Å². The van der Waals surface area contributed by atoms with E-state index >= 15 is 0 Å². The molecule has 0 aromatic rings. The van der Waals surface area contributed by atoms with E-state index in [1.165, 1.54) is 71.0 Å². The summed E-state index contributed by atoms with van der Waals surface area (Å²) in [6.07, 6.45) is 11.5. The fourth-order valence-corrected chi connectivity index (χ4v) is 4.31. The molecule has 0 bridgehead atoms. The Morgan fingerprint density at radius 3 is 2.25 bits per heavy atom. The van der Waals surface area contributed by atoms with Crippen molar-refractivity contribution in [1.29, 1.82) is 0 Å². The lowest BCUT2D eigenvalue weighted by atomic mass is 9.73. The second kappa shape index (κ2) is 8.38. The van der Waals surface area contributed by atoms with E-state index in [1.807, 2.05) is 0 Å². The maximum absolute atomic E-state index is 3.60. The average molecular weight is 280 g/mol. The number of nitrogens with zero attached hydrogens (tertiary/aromatic N) is 1. The Morgan fingerprint density at radius 2 is 1.65 bits per heavy atom. The van der Waals surface area contributed by atoms with Gasteiger partial charge in [-0.25, -0.2) is 0 Å². The van der Waals surface area contributed by atoms with Crippen LogP contribution in [-0.4, -0.2) is 37.6 Å². The summed E-state index contributed by atoms with van der Waals surface area (Å²) >= 11 is 0. The van der Waals surface area contributed by atoms with Crippen LogP contribution in [0.3, 0.4) is 0 Å². The molecule has 3 atom stereocenters. The molecule has 1 saturated carbocycles. The van der Waals surface area contributed by atoms with E-state index in [-0.39, 0.29) is 0 Å². The monoisotopic (exact) mass is 280 g/mol. The van der Waals surface area contributed by atoms with Crippen LogP contribution in [0.25, 0.3) is 0 Å². The highest BCUT2D eigenvalue weighted by atomic mass is 15.1. The summed E-state index contributed by atoms with van der Waals surface area (Å²) in [5, 5.41) is 3.60. The molecule has 1 N–H and O–H groups in total. The van der Waals surface area contributed by atoms with Gasteiger partial charge in [0.05, 0.1) is 0 Å². The molecule has 0 aromatic carbocycles. The summed E-state index contributed by atoms with van der Waals surface area (Å²) in [4.78, 5) is 2.77. The molecule has 118 valence electrons. The van der Waals surface area contributed by atoms with E-state index in [0.717, 1.165) is 23.8 Å². The Kier molecular flexibility index (Phi) is 6.83. The van der Waals surface area contributed by atoms with Gasteiger partial charge < -0.3 is 10.2 Å². The van der Waals surface area contributed by atoms with E-state index in [2.05, 4.69) is 31.1 Å². The summed E-state index contributed by atoms with van der Waals surface area (Å²) < 4.78 is 0. The Bertz CT molecular complexity index is 256. The number of likely N-dealkylation sites (tertiary alicyclic amines) is 1. The van der Waals surface area contributed by atoms with Gasteiger partial charge in [0.25, 0.3) is 0 Å². The van der Waals surface area contributed by atoms with E-state index in [4.69, 9.17) is 0 Å². The topological polar surface area (TPSA) is 15.3 Å². The molecule has 3 unspecified atom stereocenters. The second-order valence-corrected chi connectivity index (χ2v) is 7.54. The first-order valence-corrected chi connectivity index (χ1v) is 9.10. The Morgan fingerprint density at radius 1 is 1.00 bits per heavy atom. The Labute approximate surface area is 126 Å². The van der Waals surface area contributed by atoms with Crippen LogP contribution in [0.4, 0.5) is 0 Å². The molecule has 2 aliphatic rings. The maximum Gasteiger partial charge on any atom is 0.0105 e. The molecule has 1 saturated heterocycles. The van der Waals surface area contributed by atoms with E-state index in [9.17, 15) is 0 Å². The smallest absolute Gasteiger partial charge is 0.0105 e. The van der Waals surface area contributed by atoms with Crippen LogP contribution in [0, 0.1) is 17.8 Å². The van der Waals surface area contributed by atoms with E-state index in [0.29, 0.717) is 0 Å². The normalized spacial score (nSPS) is 33.9. The quantitative estimate of drug-likeness (QED) is 0.840. The van der Waals surface area contributed by atoms with Crippen molar-refractivity contribution in [3.8, 4) is 0 Å². The molecular weight excluding hydrogens is 244 g/mol. The first-order valence-electron chi connectivity index (χ1n) is 9.10. The van der Waals surface area contributed by atoms with Crippen molar-refractivity contribution in [3.05, 3.63) is 0 Å². The molecule has 2 nitrogen and oxygen atoms in total. The zero-order chi connectivity index (χ0) is 14.4. The van der Waals surface area contributed by atoms with Crippen molar-refractivity contribution >= 4 is 0 Å². The van der Waals surface area contributed by atoms with Crippen molar-refractivity contribution in [2.45, 2.75) is 71.3 Å². The highest BCUT2D eigenvalue weighted by Crippen LogP contribution is 2.34. The molecular formula is C18H36N2. The molecule has 1 aliphatic heterocycles. The largest absolute Gasteiger partial charge is 0.317 e. The lowest BCUT2D eigenvalue weighted by Gasteiger charge is -2.40. The first kappa shape index (κ1) is 16.3. The zero-order valence-electron chi connectivity index (χ0n) is 14.0. The lowest BCUT2D eigenvalue weighted by Crippen LogP contribution is -2.45. The fourth-order valence-electron chi connectivity index (χ4n) is 4.31. The van der Waals surface area contributed by atoms with E-state index in [1.54, 1.807) is 0 Å². The molecule has 0 spiro atoms. The van der Waals surface area contributed by atoms with Crippen LogP contribution >= 0.6 is 0 Å². The van der Waals surface area contributed by atoms with Crippen LogP contribution in [0.15, 0.2) is 0 Å². The van der Waals surface area contributed by atoms with Gasteiger partial charge in [0.15, 0.2) is 0 Å². The summed E-state index contributed by atoms with van der Waals surface area (Å²) in [6, 6.07) is 0.760. The minimum absolute atomic E-state index is 0.760. The number of hydrogen-bond donors (Lipinski definition) is 1. The van der Waals surface area contributed by atoms with Crippen molar-refractivity contribution in [2.75, 3.05) is 26.7 Å². The average Bonchev–Trinajstić information content (AvgIpc) is 2.41. The highest BCUT2D eigenvalue weighted by Gasteiger charge is 2.31. The summed E-state index contributed by atoms with van der Waals surface area (Å²) in [7, 11) is 2.17. The van der Waals surface area contributed by atoms with Gasteiger partial charge in [0.2, 0.25) is 0 Å². The third kappa shape index (κ3) is 4.73. The standard InChI is InChI=1S/C18H36N2/c1-15(2)16-9-10-18(19-3)17(13-16)14-20-11-7-5-4-6-8-12-20/h15-19H,4-14H2,1-3H3. The number of rotatable bonds is 4. The maximum atomic E-state index is 3.60. The molecule has 0 radical (unpaired) electrons. The summed E-state index contributed by atoms with van der Waals surface area (Å²) in [5.74, 6) is 2.70. The van der Waals surface area contributed by atoms with Gasteiger partial charge in [-0.15, -0.1) is 0 Å². The van der Waals surface area contributed by atoms with Crippen LogP contribution < -0.4 is 5.32 Å². The Hall–Kier alpha value is -0.0800. The van der Waals surface area contributed by atoms with Crippen molar-refractivity contribution in [1.82, 2.24) is 10.2 Å². The van der Waals surface area contributed by atoms with Gasteiger partial charge in [-0.05, 0) is 70.0 Å². The van der Waals surface area contributed by atoms with E-state index < -0.39 is 0 Å². The number of nitrogens with one attached hydrogen (secondary N) is 1. The van der Waals surface area contributed by atoms with Gasteiger partial charge >= 0.3 is 0 Å². The molecule has 2 heteroatoms. The lowest BCUT2D eigenvalue weighted by molar-refractivity contribution is 0.120. The third-order valence-electron chi connectivity index (χ3n) is 5.78. The summed E-state index contributed by atoms with van der Waals surface area (Å²) in [6.45, 7) is 8.86. The molecule has 1 heterocycles. The van der Waals surface area contributed by atoms with Crippen molar-refractivity contribution in [2.24, 2.45) is 17.8 Å². The van der Waals surface area contributed by atoms with Crippen molar-refractivity contribution in [3.63, 3.8) is 0 Å². The zero-order valence-corrected chi connectivity index (χ0v) is 14.0. The first-order chi connectivity index (χ1) is 9.70. The fraction of sp³-hybridized carbons (Fsp3) is 1.00. The van der Waals surface area contributed by atoms with Crippen LogP contribution in [0.5, 0.6) is 0 Å². The third-order valence-corrected chi connectivity index (χ3v) is 5.78. The van der Waals surface area contributed by atoms with Crippen LogP contribution in [-0.2, 0) is 0 Å². The minimum Gasteiger partial charge on any atom is -0.317 e. The Balaban J connectivity index is 1.88. The molecule has 1 aliphatic carbocycles. The molecule has 2 fully saturated rings. The highest BCUT2D eigenvalue weighted by molar-refractivity contribution is 4.87.